The van der Waals surface area contributed by atoms with E-state index in [1.807, 2.05) is 36.4 Å². The van der Waals surface area contributed by atoms with Gasteiger partial charge in [0.05, 0.1) is 5.69 Å². The van der Waals surface area contributed by atoms with Gasteiger partial charge in [0.15, 0.2) is 17.2 Å². The van der Waals surface area contributed by atoms with E-state index in [-0.39, 0.29) is 11.5 Å². The van der Waals surface area contributed by atoms with Crippen molar-refractivity contribution in [3.05, 3.63) is 107 Å². The largest absolute Gasteiger partial charge is 0.355 e. The molecule has 6 heteroatoms. The summed E-state index contributed by atoms with van der Waals surface area (Å²) in [7, 11) is 0. The molecule has 0 bridgehead atoms. The number of hydrogen-bond acceptors (Lipinski definition) is 4. The van der Waals surface area contributed by atoms with Crippen molar-refractivity contribution in [1.82, 2.24) is 5.16 Å². The van der Waals surface area contributed by atoms with Crippen LogP contribution in [0.25, 0.3) is 11.3 Å². The van der Waals surface area contributed by atoms with E-state index < -0.39 is 5.91 Å². The molecule has 0 aliphatic carbocycles. The number of halogens is 1. The highest BCUT2D eigenvalue weighted by Gasteiger charge is 2.19. The zero-order chi connectivity index (χ0) is 20.2. The van der Waals surface area contributed by atoms with Gasteiger partial charge in [0.1, 0.15) is 0 Å². The molecule has 5 nitrogen and oxygen atoms in total. The molecule has 1 N–H and O–H groups in total. The Kier molecular flexibility index (Phi) is 5.22. The number of amides is 1. The van der Waals surface area contributed by atoms with E-state index in [2.05, 4.69) is 10.5 Å². The maximum atomic E-state index is 12.9. The lowest BCUT2D eigenvalue weighted by Gasteiger charge is -2.10. The summed E-state index contributed by atoms with van der Waals surface area (Å²) in [6.07, 6.45) is 0. The van der Waals surface area contributed by atoms with Crippen LogP contribution in [0.2, 0.25) is 5.02 Å². The Morgan fingerprint density at radius 2 is 1.55 bits per heavy atom. The third-order valence-electron chi connectivity index (χ3n) is 4.31. The molecule has 0 spiro atoms. The number of nitrogens with zero attached hydrogens (tertiary/aromatic N) is 1. The molecule has 1 amide bonds. The Bertz CT molecular complexity index is 1170. The number of aromatic nitrogens is 1. The summed E-state index contributed by atoms with van der Waals surface area (Å²) in [6.45, 7) is 0. The smallest absolute Gasteiger partial charge is 0.277 e. The average Bonchev–Trinajstić information content (AvgIpc) is 3.26. The normalized spacial score (nSPS) is 10.5. The van der Waals surface area contributed by atoms with Gasteiger partial charge < -0.3 is 9.84 Å². The Hall–Kier alpha value is -3.70. The molecule has 0 saturated heterocycles. The van der Waals surface area contributed by atoms with Crippen LogP contribution in [0.4, 0.5) is 5.69 Å². The predicted molar refractivity (Wildman–Crippen MR) is 111 cm³/mol. The predicted octanol–water partition coefficient (Wildman–Crippen LogP) is 5.48. The Morgan fingerprint density at radius 3 is 2.28 bits per heavy atom. The van der Waals surface area contributed by atoms with Crippen molar-refractivity contribution >= 4 is 29.0 Å². The van der Waals surface area contributed by atoms with Gasteiger partial charge in [0, 0.05) is 27.8 Å². The molecule has 0 fully saturated rings. The molecule has 29 heavy (non-hydrogen) atoms. The third kappa shape index (κ3) is 4.10. The Balaban J connectivity index is 1.61. The van der Waals surface area contributed by atoms with Crippen molar-refractivity contribution in [2.45, 2.75) is 0 Å². The standard InChI is InChI=1S/C23H15ClN2O3/c24-17-11-12-19(18(13-17)22(27)16-9-5-2-6-10-16)25-23(28)20-14-21(29-26-20)15-7-3-1-4-8-15/h1-14H,(H,25,28). The second kappa shape index (κ2) is 8.12. The van der Waals surface area contributed by atoms with Crippen molar-refractivity contribution in [1.29, 1.82) is 0 Å². The van der Waals surface area contributed by atoms with E-state index >= 15 is 0 Å². The highest BCUT2D eigenvalue weighted by molar-refractivity contribution is 6.31. The van der Waals surface area contributed by atoms with Gasteiger partial charge in [-0.25, -0.2) is 0 Å². The second-order valence-electron chi connectivity index (χ2n) is 6.28. The molecule has 0 unspecified atom stereocenters. The fraction of sp³-hybridized carbons (Fsp3) is 0. The summed E-state index contributed by atoms with van der Waals surface area (Å²) in [5.74, 6) is -0.249. The topological polar surface area (TPSA) is 72.2 Å². The van der Waals surface area contributed by atoms with Gasteiger partial charge in [-0.05, 0) is 18.2 Å². The fourth-order valence-corrected chi connectivity index (χ4v) is 3.04. The van der Waals surface area contributed by atoms with Crippen LogP contribution in [-0.2, 0) is 0 Å². The van der Waals surface area contributed by atoms with Gasteiger partial charge in [0.25, 0.3) is 5.91 Å². The van der Waals surface area contributed by atoms with E-state index in [0.29, 0.717) is 27.6 Å². The zero-order valence-corrected chi connectivity index (χ0v) is 15.9. The second-order valence-corrected chi connectivity index (χ2v) is 6.72. The molecular formula is C23H15ClN2O3. The number of ketones is 1. The van der Waals surface area contributed by atoms with Crippen molar-refractivity contribution in [3.8, 4) is 11.3 Å². The first-order valence-corrected chi connectivity index (χ1v) is 9.22. The highest BCUT2D eigenvalue weighted by atomic mass is 35.5. The van der Waals surface area contributed by atoms with E-state index in [9.17, 15) is 9.59 Å². The quantitative estimate of drug-likeness (QED) is 0.449. The van der Waals surface area contributed by atoms with Crippen LogP contribution in [0, 0.1) is 0 Å². The first-order valence-electron chi connectivity index (χ1n) is 8.84. The van der Waals surface area contributed by atoms with Crippen LogP contribution < -0.4 is 5.32 Å². The van der Waals surface area contributed by atoms with Crippen molar-refractivity contribution < 1.29 is 14.1 Å². The average molecular weight is 403 g/mol. The fourth-order valence-electron chi connectivity index (χ4n) is 2.87. The molecule has 4 aromatic rings. The molecule has 142 valence electrons. The molecule has 0 atom stereocenters. The van der Waals surface area contributed by atoms with E-state index in [0.717, 1.165) is 5.56 Å². The van der Waals surface area contributed by atoms with E-state index in [4.69, 9.17) is 16.1 Å². The molecule has 0 saturated carbocycles. The molecule has 0 radical (unpaired) electrons. The lowest BCUT2D eigenvalue weighted by atomic mass is 10.0. The number of anilines is 1. The van der Waals surface area contributed by atoms with Crippen molar-refractivity contribution in [3.63, 3.8) is 0 Å². The molecule has 3 aromatic carbocycles. The van der Waals surface area contributed by atoms with Gasteiger partial charge in [-0.15, -0.1) is 0 Å². The lowest BCUT2D eigenvalue weighted by Crippen LogP contribution is -2.15. The number of hydrogen-bond donors (Lipinski definition) is 1. The molecule has 1 heterocycles. The number of carbonyl (C=O) groups is 2. The van der Waals surface area contributed by atoms with Gasteiger partial charge in [-0.3, -0.25) is 9.59 Å². The van der Waals surface area contributed by atoms with Gasteiger partial charge in [-0.1, -0.05) is 77.4 Å². The first kappa shape index (κ1) is 18.7. The highest BCUT2D eigenvalue weighted by Crippen LogP contribution is 2.25. The molecule has 4 rings (SSSR count). The zero-order valence-electron chi connectivity index (χ0n) is 15.1. The van der Waals surface area contributed by atoms with Crippen LogP contribution in [0.15, 0.2) is 89.5 Å². The van der Waals surface area contributed by atoms with E-state index in [1.54, 1.807) is 42.5 Å². The van der Waals surface area contributed by atoms with Crippen LogP contribution in [0.3, 0.4) is 0 Å². The van der Waals surface area contributed by atoms with Crippen LogP contribution in [0.1, 0.15) is 26.4 Å². The number of carbonyl (C=O) groups excluding carboxylic acids is 2. The van der Waals surface area contributed by atoms with Crippen LogP contribution in [0.5, 0.6) is 0 Å². The maximum Gasteiger partial charge on any atom is 0.277 e. The first-order chi connectivity index (χ1) is 14.1. The summed E-state index contributed by atoms with van der Waals surface area (Å²) in [4.78, 5) is 25.6. The summed E-state index contributed by atoms with van der Waals surface area (Å²) in [5, 5.41) is 6.97. The van der Waals surface area contributed by atoms with Gasteiger partial charge in [0.2, 0.25) is 0 Å². The monoisotopic (exact) mass is 402 g/mol. The SMILES string of the molecule is O=C(Nc1ccc(Cl)cc1C(=O)c1ccccc1)c1cc(-c2ccccc2)on1. The molecule has 0 aliphatic heterocycles. The van der Waals surface area contributed by atoms with E-state index in [1.165, 1.54) is 6.07 Å². The molecule has 1 aromatic heterocycles. The number of rotatable bonds is 5. The Morgan fingerprint density at radius 1 is 0.862 bits per heavy atom. The van der Waals surface area contributed by atoms with Gasteiger partial charge in [-0.2, -0.15) is 0 Å². The van der Waals surface area contributed by atoms with Crippen molar-refractivity contribution in [2.24, 2.45) is 0 Å². The minimum absolute atomic E-state index is 0.108. The maximum absolute atomic E-state index is 12.9. The minimum atomic E-state index is -0.486. The third-order valence-corrected chi connectivity index (χ3v) is 4.55. The number of nitrogens with one attached hydrogen (secondary N) is 1. The molecule has 0 aliphatic rings. The summed E-state index contributed by atoms with van der Waals surface area (Å²) in [5.41, 5.74) is 2.06. The summed E-state index contributed by atoms with van der Waals surface area (Å²) < 4.78 is 5.28. The van der Waals surface area contributed by atoms with Crippen LogP contribution in [-0.4, -0.2) is 16.8 Å². The van der Waals surface area contributed by atoms with Crippen molar-refractivity contribution in [2.75, 3.05) is 5.32 Å². The lowest BCUT2D eigenvalue weighted by molar-refractivity contribution is 0.101. The minimum Gasteiger partial charge on any atom is -0.355 e. The van der Waals surface area contributed by atoms with Crippen LogP contribution >= 0.6 is 11.6 Å². The summed E-state index contributed by atoms with van der Waals surface area (Å²) >= 11 is 6.08. The number of benzene rings is 3. The molecular weight excluding hydrogens is 388 g/mol. The Labute approximate surface area is 171 Å². The summed E-state index contributed by atoms with van der Waals surface area (Å²) in [6, 6.07) is 24.4. The van der Waals surface area contributed by atoms with Gasteiger partial charge >= 0.3 is 0 Å².